The predicted octanol–water partition coefficient (Wildman–Crippen LogP) is 1.44. The van der Waals surface area contributed by atoms with Crippen molar-refractivity contribution in [2.45, 2.75) is 19.8 Å². The van der Waals surface area contributed by atoms with E-state index in [0.717, 1.165) is 12.8 Å². The number of ether oxygens (including phenoxy) is 1. The standard InChI is InChI=1S/C7H12N2O2/c1-2-3-4-10-7-5-6(8)9-11-7/h5H,2-4H2,1H3,(H2,8,9). The molecule has 0 bridgehead atoms. The minimum Gasteiger partial charge on any atom is -0.464 e. The average Bonchev–Trinajstić information content (AvgIpc) is 2.37. The Balaban J connectivity index is 2.27. The van der Waals surface area contributed by atoms with E-state index in [9.17, 15) is 0 Å². The molecular formula is C7H12N2O2. The normalized spacial score (nSPS) is 9.91. The van der Waals surface area contributed by atoms with E-state index in [4.69, 9.17) is 15.0 Å². The van der Waals surface area contributed by atoms with Gasteiger partial charge in [0.25, 0.3) is 0 Å². The zero-order valence-corrected chi connectivity index (χ0v) is 6.54. The highest BCUT2D eigenvalue weighted by Crippen LogP contribution is 2.13. The van der Waals surface area contributed by atoms with Gasteiger partial charge in [0.05, 0.1) is 12.7 Å². The van der Waals surface area contributed by atoms with E-state index in [1.165, 1.54) is 0 Å². The molecule has 4 heteroatoms. The molecule has 0 aliphatic rings. The number of nitrogen functional groups attached to an aromatic ring is 1. The molecule has 0 aromatic carbocycles. The first-order valence-electron chi connectivity index (χ1n) is 3.68. The van der Waals surface area contributed by atoms with Crippen LogP contribution in [0.3, 0.4) is 0 Å². The lowest BCUT2D eigenvalue weighted by molar-refractivity contribution is 0.211. The highest BCUT2D eigenvalue weighted by Gasteiger charge is 1.99. The Morgan fingerprint density at radius 2 is 2.55 bits per heavy atom. The summed E-state index contributed by atoms with van der Waals surface area (Å²) in [4.78, 5) is 0. The monoisotopic (exact) mass is 156 g/mol. The van der Waals surface area contributed by atoms with Crippen molar-refractivity contribution in [3.63, 3.8) is 0 Å². The molecule has 1 heterocycles. The summed E-state index contributed by atoms with van der Waals surface area (Å²) in [6, 6.07) is 1.57. The van der Waals surface area contributed by atoms with Crippen molar-refractivity contribution >= 4 is 5.82 Å². The number of rotatable bonds is 4. The van der Waals surface area contributed by atoms with Gasteiger partial charge in [-0.05, 0) is 6.42 Å². The second-order valence-corrected chi connectivity index (χ2v) is 2.27. The first-order valence-corrected chi connectivity index (χ1v) is 3.68. The Hall–Kier alpha value is -1.19. The van der Waals surface area contributed by atoms with Crippen molar-refractivity contribution in [3.05, 3.63) is 6.07 Å². The van der Waals surface area contributed by atoms with E-state index in [0.29, 0.717) is 18.4 Å². The van der Waals surface area contributed by atoms with Gasteiger partial charge in [0.1, 0.15) is 0 Å². The number of nitrogens with two attached hydrogens (primary N) is 1. The summed E-state index contributed by atoms with van der Waals surface area (Å²) in [5.74, 6) is 0.757. The Kier molecular flexibility index (Phi) is 2.77. The fourth-order valence-electron chi connectivity index (χ4n) is 0.656. The van der Waals surface area contributed by atoms with Crippen LogP contribution in [0.1, 0.15) is 19.8 Å². The van der Waals surface area contributed by atoms with E-state index in [1.807, 2.05) is 0 Å². The topological polar surface area (TPSA) is 61.3 Å². The summed E-state index contributed by atoms with van der Waals surface area (Å²) in [6.07, 6.45) is 2.12. The highest BCUT2D eigenvalue weighted by molar-refractivity contribution is 5.29. The number of aromatic nitrogens is 1. The van der Waals surface area contributed by atoms with Gasteiger partial charge in [-0.1, -0.05) is 18.5 Å². The summed E-state index contributed by atoms with van der Waals surface area (Å²) >= 11 is 0. The van der Waals surface area contributed by atoms with Crippen molar-refractivity contribution in [1.29, 1.82) is 0 Å². The molecule has 1 aromatic heterocycles. The molecule has 0 saturated heterocycles. The summed E-state index contributed by atoms with van der Waals surface area (Å²) in [6.45, 7) is 2.75. The van der Waals surface area contributed by atoms with E-state index in [1.54, 1.807) is 6.07 Å². The van der Waals surface area contributed by atoms with Crippen LogP contribution in [0.4, 0.5) is 5.82 Å². The summed E-state index contributed by atoms with van der Waals surface area (Å²) < 4.78 is 9.87. The van der Waals surface area contributed by atoms with E-state index >= 15 is 0 Å². The van der Waals surface area contributed by atoms with Crippen LogP contribution in [0.5, 0.6) is 5.95 Å². The molecule has 4 nitrogen and oxygen atoms in total. The molecule has 1 rings (SSSR count). The quantitative estimate of drug-likeness (QED) is 0.670. The smallest absolute Gasteiger partial charge is 0.313 e. The largest absolute Gasteiger partial charge is 0.464 e. The summed E-state index contributed by atoms with van der Waals surface area (Å²) in [7, 11) is 0. The lowest BCUT2D eigenvalue weighted by atomic mass is 10.4. The molecule has 0 spiro atoms. The maximum Gasteiger partial charge on any atom is 0.313 e. The van der Waals surface area contributed by atoms with Gasteiger partial charge in [-0.2, -0.15) is 0 Å². The van der Waals surface area contributed by atoms with Crippen molar-refractivity contribution in [3.8, 4) is 5.95 Å². The van der Waals surface area contributed by atoms with Crippen LogP contribution in [0, 0.1) is 0 Å². The van der Waals surface area contributed by atoms with Crippen LogP contribution >= 0.6 is 0 Å². The molecule has 0 saturated carbocycles. The maximum absolute atomic E-state index is 5.30. The molecule has 11 heavy (non-hydrogen) atoms. The molecule has 0 radical (unpaired) electrons. The molecule has 0 aliphatic carbocycles. The van der Waals surface area contributed by atoms with Crippen LogP contribution in [-0.2, 0) is 0 Å². The zero-order valence-electron chi connectivity index (χ0n) is 6.54. The van der Waals surface area contributed by atoms with Crippen LogP contribution in [0.25, 0.3) is 0 Å². The zero-order chi connectivity index (χ0) is 8.10. The van der Waals surface area contributed by atoms with Crippen molar-refractivity contribution in [2.24, 2.45) is 0 Å². The van der Waals surface area contributed by atoms with Crippen molar-refractivity contribution in [1.82, 2.24) is 5.16 Å². The molecule has 0 unspecified atom stereocenters. The molecule has 2 N–H and O–H groups in total. The lowest BCUT2D eigenvalue weighted by Gasteiger charge is -1.97. The molecule has 0 amide bonds. The van der Waals surface area contributed by atoms with Gasteiger partial charge >= 0.3 is 5.95 Å². The third-order valence-corrected chi connectivity index (χ3v) is 1.25. The fraction of sp³-hybridized carbons (Fsp3) is 0.571. The van der Waals surface area contributed by atoms with Gasteiger partial charge in [0.2, 0.25) is 0 Å². The highest BCUT2D eigenvalue weighted by atomic mass is 16.6. The van der Waals surface area contributed by atoms with E-state index in [-0.39, 0.29) is 0 Å². The molecule has 0 atom stereocenters. The first kappa shape index (κ1) is 7.91. The van der Waals surface area contributed by atoms with Gasteiger partial charge in [-0.25, -0.2) is 0 Å². The Labute approximate surface area is 65.3 Å². The molecule has 0 fully saturated rings. The van der Waals surface area contributed by atoms with Crippen LogP contribution < -0.4 is 10.5 Å². The minimum absolute atomic E-state index is 0.358. The number of hydrogen-bond acceptors (Lipinski definition) is 4. The Bertz CT molecular complexity index is 210. The average molecular weight is 156 g/mol. The second-order valence-electron chi connectivity index (χ2n) is 2.27. The van der Waals surface area contributed by atoms with Crippen LogP contribution in [0.15, 0.2) is 10.6 Å². The number of anilines is 1. The number of unbranched alkanes of at least 4 members (excludes halogenated alkanes) is 1. The Morgan fingerprint density at radius 1 is 1.73 bits per heavy atom. The van der Waals surface area contributed by atoms with Crippen molar-refractivity contribution in [2.75, 3.05) is 12.3 Å². The number of hydrogen-bond donors (Lipinski definition) is 1. The lowest BCUT2D eigenvalue weighted by Crippen LogP contribution is -1.94. The summed E-state index contributed by atoms with van der Waals surface area (Å²) in [5, 5.41) is 3.47. The maximum atomic E-state index is 5.30. The third kappa shape index (κ3) is 2.49. The fourth-order valence-corrected chi connectivity index (χ4v) is 0.656. The van der Waals surface area contributed by atoms with Gasteiger partial charge in [0, 0.05) is 0 Å². The summed E-state index contributed by atoms with van der Waals surface area (Å²) in [5.41, 5.74) is 5.30. The predicted molar refractivity (Wildman–Crippen MR) is 41.3 cm³/mol. The SMILES string of the molecule is CCCCOc1cc(N)no1. The van der Waals surface area contributed by atoms with Gasteiger partial charge in [-0.3, -0.25) is 0 Å². The molecular weight excluding hydrogens is 144 g/mol. The van der Waals surface area contributed by atoms with Crippen LogP contribution in [-0.4, -0.2) is 11.8 Å². The molecule has 62 valence electrons. The minimum atomic E-state index is 0.358. The number of nitrogens with zero attached hydrogens (tertiary/aromatic N) is 1. The van der Waals surface area contributed by atoms with Gasteiger partial charge in [0.15, 0.2) is 5.82 Å². The van der Waals surface area contributed by atoms with E-state index in [2.05, 4.69) is 12.1 Å². The second kappa shape index (κ2) is 3.85. The van der Waals surface area contributed by atoms with Crippen LogP contribution in [0.2, 0.25) is 0 Å². The van der Waals surface area contributed by atoms with Gasteiger partial charge in [-0.15, -0.1) is 0 Å². The third-order valence-electron chi connectivity index (χ3n) is 1.25. The Morgan fingerprint density at radius 3 is 3.09 bits per heavy atom. The molecule has 1 aromatic rings. The van der Waals surface area contributed by atoms with Gasteiger partial charge < -0.3 is 15.0 Å². The van der Waals surface area contributed by atoms with Crippen molar-refractivity contribution < 1.29 is 9.26 Å². The first-order chi connectivity index (χ1) is 5.33. The molecule has 0 aliphatic heterocycles. The van der Waals surface area contributed by atoms with E-state index < -0.39 is 0 Å².